The van der Waals surface area contributed by atoms with Gasteiger partial charge in [0.05, 0.1) is 11.8 Å². The quantitative estimate of drug-likeness (QED) is 0.848. The second kappa shape index (κ2) is 5.01. The van der Waals surface area contributed by atoms with Crippen LogP contribution in [0, 0.1) is 0 Å². The third-order valence-corrected chi connectivity index (χ3v) is 2.76. The molecule has 0 radical (unpaired) electrons. The number of nitrogens with one attached hydrogen (secondary N) is 1. The number of rotatable bonds is 4. The molecule has 1 aromatic carbocycles. The molecule has 1 atom stereocenters. The maximum atomic E-state index is 5.59. The van der Waals surface area contributed by atoms with Gasteiger partial charge in [0.15, 0.2) is 0 Å². The van der Waals surface area contributed by atoms with Crippen LogP contribution in [0.5, 0.6) is 0 Å². The lowest BCUT2D eigenvalue weighted by Crippen LogP contribution is -2.08. The SMILES string of the molecule is COC(C)Cc1cccc(-c2cc(N)n[nH]2)c1. The van der Waals surface area contributed by atoms with Crippen molar-refractivity contribution in [1.82, 2.24) is 10.2 Å². The number of hydrogen-bond donors (Lipinski definition) is 2. The number of aromatic nitrogens is 2. The summed E-state index contributed by atoms with van der Waals surface area (Å²) in [5.41, 5.74) is 8.87. The Morgan fingerprint density at radius 2 is 2.24 bits per heavy atom. The summed E-state index contributed by atoms with van der Waals surface area (Å²) in [5.74, 6) is 0.510. The van der Waals surface area contributed by atoms with E-state index in [2.05, 4.69) is 29.3 Å². The number of aromatic amines is 1. The van der Waals surface area contributed by atoms with E-state index < -0.39 is 0 Å². The second-order valence-electron chi connectivity index (χ2n) is 4.16. The smallest absolute Gasteiger partial charge is 0.145 e. The van der Waals surface area contributed by atoms with Crippen molar-refractivity contribution < 1.29 is 4.74 Å². The summed E-state index contributed by atoms with van der Waals surface area (Å²) in [5, 5.41) is 6.84. The summed E-state index contributed by atoms with van der Waals surface area (Å²) in [6, 6.07) is 10.1. The van der Waals surface area contributed by atoms with E-state index in [4.69, 9.17) is 10.5 Å². The molecule has 17 heavy (non-hydrogen) atoms. The third-order valence-electron chi connectivity index (χ3n) is 2.76. The normalized spacial score (nSPS) is 12.6. The molecular weight excluding hydrogens is 214 g/mol. The predicted octanol–water partition coefficient (Wildman–Crippen LogP) is 2.24. The fraction of sp³-hybridized carbons (Fsp3) is 0.308. The van der Waals surface area contributed by atoms with E-state index in [0.717, 1.165) is 17.7 Å². The first-order valence-electron chi connectivity index (χ1n) is 5.62. The van der Waals surface area contributed by atoms with E-state index in [9.17, 15) is 0 Å². The molecule has 1 unspecified atom stereocenters. The zero-order valence-corrected chi connectivity index (χ0v) is 10.1. The minimum atomic E-state index is 0.220. The molecule has 2 aromatic rings. The topological polar surface area (TPSA) is 63.9 Å². The first-order chi connectivity index (χ1) is 8.19. The van der Waals surface area contributed by atoms with Gasteiger partial charge in [0, 0.05) is 13.2 Å². The molecule has 0 spiro atoms. The standard InChI is InChI=1S/C13H17N3O/c1-9(17-2)6-10-4-3-5-11(7-10)12-8-13(14)16-15-12/h3-5,7-9H,6H2,1-2H3,(H3,14,15,16). The van der Waals surface area contributed by atoms with Crippen LogP contribution in [0.2, 0.25) is 0 Å². The molecule has 2 rings (SSSR count). The number of ether oxygens (including phenoxy) is 1. The van der Waals surface area contributed by atoms with Crippen LogP contribution in [0.1, 0.15) is 12.5 Å². The largest absolute Gasteiger partial charge is 0.382 e. The van der Waals surface area contributed by atoms with Crippen molar-refractivity contribution in [2.24, 2.45) is 0 Å². The van der Waals surface area contributed by atoms with Crippen molar-refractivity contribution in [3.05, 3.63) is 35.9 Å². The third kappa shape index (κ3) is 2.85. The molecule has 3 N–H and O–H groups in total. The number of nitrogens with zero attached hydrogens (tertiary/aromatic N) is 1. The van der Waals surface area contributed by atoms with E-state index in [1.807, 2.05) is 18.2 Å². The van der Waals surface area contributed by atoms with Crippen molar-refractivity contribution in [3.63, 3.8) is 0 Å². The molecule has 0 aliphatic carbocycles. The number of benzene rings is 1. The number of nitrogens with two attached hydrogens (primary N) is 1. The highest BCUT2D eigenvalue weighted by molar-refractivity contribution is 5.62. The van der Waals surface area contributed by atoms with E-state index in [-0.39, 0.29) is 6.10 Å². The highest BCUT2D eigenvalue weighted by Gasteiger charge is 2.05. The molecule has 0 aliphatic heterocycles. The number of anilines is 1. The summed E-state index contributed by atoms with van der Waals surface area (Å²) < 4.78 is 5.26. The summed E-state index contributed by atoms with van der Waals surface area (Å²) in [6.07, 6.45) is 1.12. The maximum absolute atomic E-state index is 5.59. The van der Waals surface area contributed by atoms with E-state index in [0.29, 0.717) is 5.82 Å². The van der Waals surface area contributed by atoms with Gasteiger partial charge >= 0.3 is 0 Å². The Labute approximate surface area is 101 Å². The minimum Gasteiger partial charge on any atom is -0.382 e. The van der Waals surface area contributed by atoms with Crippen LogP contribution in [-0.4, -0.2) is 23.4 Å². The predicted molar refractivity (Wildman–Crippen MR) is 68.6 cm³/mol. The molecule has 0 saturated carbocycles. The van der Waals surface area contributed by atoms with Crippen molar-refractivity contribution in [2.75, 3.05) is 12.8 Å². The van der Waals surface area contributed by atoms with Gasteiger partial charge in [-0.25, -0.2) is 0 Å². The monoisotopic (exact) mass is 231 g/mol. The van der Waals surface area contributed by atoms with Crippen molar-refractivity contribution in [1.29, 1.82) is 0 Å². The van der Waals surface area contributed by atoms with Crippen molar-refractivity contribution in [2.45, 2.75) is 19.4 Å². The van der Waals surface area contributed by atoms with Gasteiger partial charge in [0.1, 0.15) is 5.82 Å². The molecule has 0 bridgehead atoms. The Balaban J connectivity index is 2.22. The Morgan fingerprint density at radius 1 is 1.41 bits per heavy atom. The van der Waals surface area contributed by atoms with Crippen LogP contribution in [0.3, 0.4) is 0 Å². The average Bonchev–Trinajstić information content (AvgIpc) is 2.76. The lowest BCUT2D eigenvalue weighted by atomic mass is 10.0. The second-order valence-corrected chi connectivity index (χ2v) is 4.16. The molecule has 4 nitrogen and oxygen atoms in total. The Morgan fingerprint density at radius 3 is 2.88 bits per heavy atom. The molecular formula is C13H17N3O. The summed E-state index contributed by atoms with van der Waals surface area (Å²) in [6.45, 7) is 2.06. The van der Waals surface area contributed by atoms with Crippen LogP contribution >= 0.6 is 0 Å². The van der Waals surface area contributed by atoms with Gasteiger partial charge in [-0.1, -0.05) is 18.2 Å². The van der Waals surface area contributed by atoms with Crippen LogP contribution in [0.4, 0.5) is 5.82 Å². The average molecular weight is 231 g/mol. The van der Waals surface area contributed by atoms with Crippen LogP contribution < -0.4 is 5.73 Å². The van der Waals surface area contributed by atoms with E-state index in [1.54, 1.807) is 7.11 Å². The highest BCUT2D eigenvalue weighted by atomic mass is 16.5. The summed E-state index contributed by atoms with van der Waals surface area (Å²) in [4.78, 5) is 0. The Hall–Kier alpha value is -1.81. The van der Waals surface area contributed by atoms with Gasteiger partial charge in [-0.15, -0.1) is 0 Å². The highest BCUT2D eigenvalue weighted by Crippen LogP contribution is 2.20. The molecule has 1 heterocycles. The lowest BCUT2D eigenvalue weighted by molar-refractivity contribution is 0.119. The molecule has 90 valence electrons. The zero-order chi connectivity index (χ0) is 12.3. The van der Waals surface area contributed by atoms with E-state index >= 15 is 0 Å². The lowest BCUT2D eigenvalue weighted by Gasteiger charge is -2.09. The molecule has 0 fully saturated rings. The van der Waals surface area contributed by atoms with Gasteiger partial charge < -0.3 is 10.5 Å². The number of methoxy groups -OCH3 is 1. The van der Waals surface area contributed by atoms with Gasteiger partial charge in [0.25, 0.3) is 0 Å². The Kier molecular flexibility index (Phi) is 3.44. The molecule has 0 aliphatic rings. The van der Waals surface area contributed by atoms with E-state index in [1.165, 1.54) is 5.56 Å². The first kappa shape index (κ1) is 11.7. The van der Waals surface area contributed by atoms with Gasteiger partial charge in [-0.2, -0.15) is 5.10 Å². The number of nitrogen functional groups attached to an aromatic ring is 1. The molecule has 4 heteroatoms. The summed E-state index contributed by atoms with van der Waals surface area (Å²) >= 11 is 0. The molecule has 0 amide bonds. The molecule has 1 aromatic heterocycles. The Bertz CT molecular complexity index is 493. The first-order valence-corrected chi connectivity index (χ1v) is 5.62. The minimum absolute atomic E-state index is 0.220. The van der Waals surface area contributed by atoms with Gasteiger partial charge in [0.2, 0.25) is 0 Å². The number of hydrogen-bond acceptors (Lipinski definition) is 3. The zero-order valence-electron chi connectivity index (χ0n) is 10.1. The van der Waals surface area contributed by atoms with Crippen molar-refractivity contribution >= 4 is 5.82 Å². The van der Waals surface area contributed by atoms with Crippen molar-refractivity contribution in [3.8, 4) is 11.3 Å². The van der Waals surface area contributed by atoms with Gasteiger partial charge in [-0.05, 0) is 30.5 Å². The fourth-order valence-electron chi connectivity index (χ4n) is 1.77. The fourth-order valence-corrected chi connectivity index (χ4v) is 1.77. The van der Waals surface area contributed by atoms with Gasteiger partial charge in [-0.3, -0.25) is 5.10 Å². The molecule has 0 saturated heterocycles. The summed E-state index contributed by atoms with van der Waals surface area (Å²) in [7, 11) is 1.73. The number of H-pyrrole nitrogens is 1. The van der Waals surface area contributed by atoms with Crippen LogP contribution in [0.15, 0.2) is 30.3 Å². The maximum Gasteiger partial charge on any atom is 0.145 e. The van der Waals surface area contributed by atoms with Crippen LogP contribution in [-0.2, 0) is 11.2 Å². The van der Waals surface area contributed by atoms with Crippen LogP contribution in [0.25, 0.3) is 11.3 Å².